The number of hydrogen-bond acceptors (Lipinski definition) is 4. The molecular weight excluding hydrogens is 420 g/mol. The van der Waals surface area contributed by atoms with Crippen molar-refractivity contribution in [2.24, 2.45) is 11.8 Å². The van der Waals surface area contributed by atoms with Gasteiger partial charge in [-0.25, -0.2) is 4.79 Å². The van der Waals surface area contributed by atoms with E-state index in [4.69, 9.17) is 4.74 Å². The molecule has 1 fully saturated rings. The van der Waals surface area contributed by atoms with Crippen LogP contribution in [-0.2, 0) is 14.3 Å². The number of nitrogens with zero attached hydrogens (tertiary/aromatic N) is 1. The molecule has 7 heteroatoms. The van der Waals surface area contributed by atoms with Crippen molar-refractivity contribution in [1.82, 2.24) is 10.2 Å². The molecule has 2 aliphatic rings. The van der Waals surface area contributed by atoms with Gasteiger partial charge in [-0.3, -0.25) is 9.59 Å². The first-order valence-electron chi connectivity index (χ1n) is 11.2. The molecule has 2 aromatic rings. The lowest BCUT2D eigenvalue weighted by Crippen LogP contribution is -2.45. The Balaban J connectivity index is 1.26. The predicted molar refractivity (Wildman–Crippen MR) is 124 cm³/mol. The van der Waals surface area contributed by atoms with Crippen molar-refractivity contribution in [1.29, 1.82) is 0 Å². The molecule has 2 N–H and O–H groups in total. The predicted octanol–water partition coefficient (Wildman–Crippen LogP) is 3.65. The number of aliphatic carboxylic acids is 1. The standard InChI is InChI=1S/C26H28N2O5/c1-17-12-14-28(15-22(17)25(30)31)24(29)11-6-13-27-26(32)33-16-23-20-9-4-2-7-18(20)19-8-3-5-10-21(19)23/h2-11,17,22-23H,12-16H2,1H3,(H,27,32)(H,30,31)/b11-6+. The van der Waals surface area contributed by atoms with Gasteiger partial charge in [0.05, 0.1) is 5.92 Å². The van der Waals surface area contributed by atoms with Crippen molar-refractivity contribution in [2.75, 3.05) is 26.2 Å². The summed E-state index contributed by atoms with van der Waals surface area (Å²) in [6.07, 6.45) is 3.04. The molecule has 7 nitrogen and oxygen atoms in total. The third-order valence-electron chi connectivity index (χ3n) is 6.56. The lowest BCUT2D eigenvalue weighted by Gasteiger charge is -2.34. The molecule has 2 aromatic carbocycles. The van der Waals surface area contributed by atoms with Crippen molar-refractivity contribution in [2.45, 2.75) is 19.3 Å². The number of carboxylic acids is 1. The first-order chi connectivity index (χ1) is 16.0. The second-order valence-electron chi connectivity index (χ2n) is 8.60. The number of ether oxygens (including phenoxy) is 1. The summed E-state index contributed by atoms with van der Waals surface area (Å²) < 4.78 is 5.47. The van der Waals surface area contributed by atoms with E-state index >= 15 is 0 Å². The van der Waals surface area contributed by atoms with E-state index in [1.54, 1.807) is 11.0 Å². The van der Waals surface area contributed by atoms with E-state index in [1.807, 2.05) is 31.2 Å². The number of amides is 2. The van der Waals surface area contributed by atoms with Gasteiger partial charge in [0.15, 0.2) is 0 Å². The van der Waals surface area contributed by atoms with Crippen LogP contribution in [0.15, 0.2) is 60.7 Å². The minimum absolute atomic E-state index is 0.0102. The second kappa shape index (κ2) is 9.90. The normalized spacial score (nSPS) is 19.7. The van der Waals surface area contributed by atoms with Gasteiger partial charge >= 0.3 is 12.1 Å². The van der Waals surface area contributed by atoms with Crippen molar-refractivity contribution < 1.29 is 24.2 Å². The van der Waals surface area contributed by atoms with Crippen LogP contribution in [0.2, 0.25) is 0 Å². The SMILES string of the molecule is CC1CCN(C(=O)/C=C/CNC(=O)OCC2c3ccccc3-c3ccccc32)CC1C(=O)O. The fourth-order valence-electron chi connectivity index (χ4n) is 4.65. The molecule has 1 aliphatic heterocycles. The second-order valence-corrected chi connectivity index (χ2v) is 8.60. The zero-order chi connectivity index (χ0) is 23.4. The topological polar surface area (TPSA) is 95.9 Å². The van der Waals surface area contributed by atoms with Crippen molar-refractivity contribution in [3.05, 3.63) is 71.8 Å². The van der Waals surface area contributed by atoms with Gasteiger partial charge in [-0.05, 0) is 34.6 Å². The zero-order valence-electron chi connectivity index (χ0n) is 18.6. The maximum absolute atomic E-state index is 12.4. The number of carbonyl (C=O) groups excluding carboxylic acids is 2. The molecule has 1 heterocycles. The molecule has 0 bridgehead atoms. The van der Waals surface area contributed by atoms with E-state index in [0.29, 0.717) is 13.0 Å². The summed E-state index contributed by atoms with van der Waals surface area (Å²) in [4.78, 5) is 37.4. The third-order valence-corrected chi connectivity index (χ3v) is 6.56. The number of carboxylic acid groups (broad SMARTS) is 1. The van der Waals surface area contributed by atoms with E-state index in [1.165, 1.54) is 17.2 Å². The quantitative estimate of drug-likeness (QED) is 0.658. The Labute approximate surface area is 193 Å². The minimum Gasteiger partial charge on any atom is -0.481 e. The first-order valence-corrected chi connectivity index (χ1v) is 11.2. The molecule has 1 saturated heterocycles. The Morgan fingerprint density at radius 3 is 2.36 bits per heavy atom. The van der Waals surface area contributed by atoms with Crippen LogP contribution in [0.1, 0.15) is 30.4 Å². The van der Waals surface area contributed by atoms with Crippen LogP contribution in [0, 0.1) is 11.8 Å². The summed E-state index contributed by atoms with van der Waals surface area (Å²) in [5.41, 5.74) is 4.63. The number of piperidine rings is 1. The molecule has 0 spiro atoms. The molecule has 0 saturated carbocycles. The number of nitrogens with one attached hydrogen (secondary N) is 1. The van der Waals surface area contributed by atoms with Gasteiger partial charge in [0, 0.05) is 31.6 Å². The molecule has 2 unspecified atom stereocenters. The molecule has 4 rings (SSSR count). The molecule has 2 atom stereocenters. The lowest BCUT2D eigenvalue weighted by molar-refractivity contribution is -0.147. The maximum atomic E-state index is 12.4. The summed E-state index contributed by atoms with van der Waals surface area (Å²) in [6.45, 7) is 3.02. The van der Waals surface area contributed by atoms with Gasteiger partial charge in [0.25, 0.3) is 0 Å². The highest BCUT2D eigenvalue weighted by Crippen LogP contribution is 2.44. The summed E-state index contributed by atoms with van der Waals surface area (Å²) in [5, 5.41) is 11.9. The fourth-order valence-corrected chi connectivity index (χ4v) is 4.65. The Morgan fingerprint density at radius 1 is 1.09 bits per heavy atom. The molecule has 1 aliphatic carbocycles. The smallest absolute Gasteiger partial charge is 0.407 e. The third kappa shape index (κ3) is 4.92. The number of carbonyl (C=O) groups is 3. The van der Waals surface area contributed by atoms with Gasteiger partial charge in [-0.2, -0.15) is 0 Å². The Kier molecular flexibility index (Phi) is 6.77. The Hall–Kier alpha value is -3.61. The maximum Gasteiger partial charge on any atom is 0.407 e. The summed E-state index contributed by atoms with van der Waals surface area (Å²) >= 11 is 0. The van der Waals surface area contributed by atoms with Crippen LogP contribution < -0.4 is 5.32 Å². The average molecular weight is 449 g/mol. The van der Waals surface area contributed by atoms with Crippen LogP contribution in [0.5, 0.6) is 0 Å². The zero-order valence-corrected chi connectivity index (χ0v) is 18.6. The number of benzene rings is 2. The van der Waals surface area contributed by atoms with Crippen molar-refractivity contribution >= 4 is 18.0 Å². The Bertz CT molecular complexity index is 1030. The van der Waals surface area contributed by atoms with Gasteiger partial charge in [-0.15, -0.1) is 0 Å². The summed E-state index contributed by atoms with van der Waals surface area (Å²) in [5.74, 6) is -1.63. The number of hydrogen-bond donors (Lipinski definition) is 2. The van der Waals surface area contributed by atoms with Gasteiger partial charge < -0.3 is 20.1 Å². The lowest BCUT2D eigenvalue weighted by atomic mass is 9.87. The van der Waals surface area contributed by atoms with E-state index in [9.17, 15) is 19.5 Å². The van der Waals surface area contributed by atoms with Crippen molar-refractivity contribution in [3.63, 3.8) is 0 Å². The molecule has 0 aromatic heterocycles. The van der Waals surface area contributed by atoms with Gasteiger partial charge in [0.2, 0.25) is 5.91 Å². The molecule has 2 amide bonds. The molecule has 0 radical (unpaired) electrons. The van der Waals surface area contributed by atoms with E-state index in [0.717, 1.165) is 11.1 Å². The van der Waals surface area contributed by atoms with Crippen LogP contribution in [0.25, 0.3) is 11.1 Å². The molecule has 33 heavy (non-hydrogen) atoms. The van der Waals surface area contributed by atoms with Crippen LogP contribution in [0.4, 0.5) is 4.79 Å². The monoisotopic (exact) mass is 448 g/mol. The highest BCUT2D eigenvalue weighted by atomic mass is 16.5. The van der Waals surface area contributed by atoms with E-state index in [-0.39, 0.29) is 37.4 Å². The Morgan fingerprint density at radius 2 is 1.73 bits per heavy atom. The molecular formula is C26H28N2O5. The highest BCUT2D eigenvalue weighted by Gasteiger charge is 2.33. The number of rotatable bonds is 6. The van der Waals surface area contributed by atoms with Crippen LogP contribution >= 0.6 is 0 Å². The highest BCUT2D eigenvalue weighted by molar-refractivity contribution is 5.88. The van der Waals surface area contributed by atoms with Crippen LogP contribution in [-0.4, -0.2) is 54.2 Å². The van der Waals surface area contributed by atoms with Crippen molar-refractivity contribution in [3.8, 4) is 11.1 Å². The number of fused-ring (bicyclic) bond motifs is 3. The first kappa shape index (κ1) is 22.6. The average Bonchev–Trinajstić information content (AvgIpc) is 3.14. The summed E-state index contributed by atoms with van der Waals surface area (Å²) in [6, 6.07) is 16.3. The number of likely N-dealkylation sites (tertiary alicyclic amines) is 1. The van der Waals surface area contributed by atoms with Gasteiger partial charge in [0.1, 0.15) is 6.61 Å². The number of alkyl carbamates (subject to hydrolysis) is 1. The van der Waals surface area contributed by atoms with E-state index in [2.05, 4.69) is 29.6 Å². The molecule has 172 valence electrons. The summed E-state index contributed by atoms with van der Waals surface area (Å²) in [7, 11) is 0. The minimum atomic E-state index is -0.874. The van der Waals surface area contributed by atoms with Crippen LogP contribution in [0.3, 0.4) is 0 Å². The van der Waals surface area contributed by atoms with E-state index < -0.39 is 18.0 Å². The largest absolute Gasteiger partial charge is 0.481 e. The fraction of sp³-hybridized carbons (Fsp3) is 0.346. The van der Waals surface area contributed by atoms with Gasteiger partial charge in [-0.1, -0.05) is 61.5 Å².